The molecule has 24 N–H and O–H groups in total. The summed E-state index contributed by atoms with van der Waals surface area (Å²) in [5.41, 5.74) is 32.3. The first-order valence-corrected chi connectivity index (χ1v) is 29.3. The third-order valence-electron chi connectivity index (χ3n) is 13.9. The third-order valence-corrected chi connectivity index (χ3v) is 13.9. The Bertz CT molecular complexity index is 2870. The Balaban J connectivity index is 1.73. The predicted octanol–water partition coefficient (Wildman–Crippen LogP) is -6.70. The summed E-state index contributed by atoms with van der Waals surface area (Å²) in [6, 6.07) is 4.12. The number of likely N-dealkylation sites (tertiary alicyclic amines) is 1. The minimum atomic E-state index is -1.74. The molecule has 0 bridgehead atoms. The van der Waals surface area contributed by atoms with Crippen LogP contribution in [0.15, 0.2) is 64.6 Å². The van der Waals surface area contributed by atoms with Crippen molar-refractivity contribution in [2.75, 3.05) is 45.9 Å². The van der Waals surface area contributed by atoms with E-state index in [1.807, 2.05) is 13.8 Å². The Hall–Kier alpha value is -9.66. The maximum Gasteiger partial charge on any atom is 0.246 e. The Morgan fingerprint density at radius 3 is 1.64 bits per heavy atom. The fourth-order valence-corrected chi connectivity index (χ4v) is 9.14. The van der Waals surface area contributed by atoms with Crippen molar-refractivity contribution < 1.29 is 67.7 Å². The molecule has 1 heterocycles. The zero-order chi connectivity index (χ0) is 67.3. The number of aliphatic imine (C=N–C) groups is 2. The van der Waals surface area contributed by atoms with E-state index in [9.17, 15) is 67.7 Å². The lowest BCUT2D eigenvalue weighted by Gasteiger charge is -2.30. The van der Waals surface area contributed by atoms with E-state index in [2.05, 4.69) is 63.2 Å². The Morgan fingerprint density at radius 2 is 1.11 bits per heavy atom. The topological polar surface area (TPSA) is 550 Å². The molecular formula is C57H89N19O14. The van der Waals surface area contributed by atoms with Crippen molar-refractivity contribution >= 4 is 82.8 Å². The maximum absolute atomic E-state index is 14.6. The number of phenols is 1. The molecule has 33 heteroatoms. The molecule has 0 aromatic heterocycles. The van der Waals surface area contributed by atoms with Crippen molar-refractivity contribution in [1.82, 2.24) is 58.1 Å². The third kappa shape index (κ3) is 26.4. The molecule has 496 valence electrons. The number of phenolic OH excluding ortho intramolecular Hbond substituents is 1. The van der Waals surface area contributed by atoms with Gasteiger partial charge in [-0.3, -0.25) is 67.5 Å². The second-order valence-electron chi connectivity index (χ2n) is 22.4. The average molecular weight is 1260 g/mol. The molecule has 1 aliphatic heterocycles. The number of nitrogens with two attached hydrogens (primary N) is 6. The molecule has 2 aromatic carbocycles. The van der Waals surface area contributed by atoms with Gasteiger partial charge in [0.25, 0.3) is 0 Å². The minimum Gasteiger partial charge on any atom is -0.508 e. The summed E-state index contributed by atoms with van der Waals surface area (Å²) in [5, 5.41) is 44.8. The van der Waals surface area contributed by atoms with Gasteiger partial charge in [0, 0.05) is 32.5 Å². The molecule has 33 nitrogen and oxygen atoms in total. The SMILES string of the molecule is CC(C)C[C@H](NC(=O)CN)C(=O)N[C@@H](C)C(=O)NC(C)(C)C(=O)N[C@@H](CO)C(=O)NCC(=O)N[C@@H](Cc1ccccc1)C(=O)N1CCC[C@H]1C(=O)N[C@@H](CCCN=C(N)N)C(=O)NCC(=O)N[C@@H](CCCN=C(N)N)C(=O)N[C@@H](Cc1ccc(O)cc1)C(N)=O. The number of primary amides is 1. The van der Waals surface area contributed by atoms with Crippen LogP contribution in [-0.4, -0.2) is 198 Å². The average Bonchev–Trinajstić information content (AvgIpc) is 1.70. The smallest absolute Gasteiger partial charge is 0.246 e. The van der Waals surface area contributed by atoms with Gasteiger partial charge in [-0.25, -0.2) is 0 Å². The highest BCUT2D eigenvalue weighted by atomic mass is 16.3. The van der Waals surface area contributed by atoms with Crippen LogP contribution in [0.2, 0.25) is 0 Å². The highest BCUT2D eigenvalue weighted by molar-refractivity contribution is 5.99. The van der Waals surface area contributed by atoms with Gasteiger partial charge in [0.15, 0.2) is 11.9 Å². The summed E-state index contributed by atoms with van der Waals surface area (Å²) in [4.78, 5) is 170. The molecule has 0 unspecified atom stereocenters. The van der Waals surface area contributed by atoms with Gasteiger partial charge in [0.2, 0.25) is 70.9 Å². The maximum atomic E-state index is 14.6. The number of carbonyl (C=O) groups is 12. The van der Waals surface area contributed by atoms with Crippen molar-refractivity contribution in [3.8, 4) is 5.75 Å². The lowest BCUT2D eigenvalue weighted by Crippen LogP contribution is -2.62. The summed E-state index contributed by atoms with van der Waals surface area (Å²) >= 11 is 0. The van der Waals surface area contributed by atoms with Crippen molar-refractivity contribution in [1.29, 1.82) is 0 Å². The first-order chi connectivity index (χ1) is 42.4. The van der Waals surface area contributed by atoms with E-state index in [0.29, 0.717) is 17.5 Å². The normalized spacial score (nSPS) is 15.1. The van der Waals surface area contributed by atoms with Crippen LogP contribution in [0, 0.1) is 5.92 Å². The van der Waals surface area contributed by atoms with E-state index in [1.54, 1.807) is 30.3 Å². The highest BCUT2D eigenvalue weighted by Gasteiger charge is 2.40. The lowest BCUT2D eigenvalue weighted by molar-refractivity contribution is -0.142. The van der Waals surface area contributed by atoms with E-state index >= 15 is 0 Å². The molecule has 8 atom stereocenters. The van der Waals surface area contributed by atoms with Crippen LogP contribution in [0.4, 0.5) is 0 Å². The van der Waals surface area contributed by atoms with E-state index in [4.69, 9.17) is 34.4 Å². The molecule has 2 aromatic rings. The van der Waals surface area contributed by atoms with Crippen molar-refractivity contribution in [2.45, 2.75) is 146 Å². The quantitative estimate of drug-likeness (QED) is 0.0170. The molecular weight excluding hydrogens is 1170 g/mol. The first-order valence-electron chi connectivity index (χ1n) is 29.3. The Labute approximate surface area is 521 Å². The zero-order valence-corrected chi connectivity index (χ0v) is 51.3. The Morgan fingerprint density at radius 1 is 0.600 bits per heavy atom. The number of aliphatic hydroxyl groups is 1. The Kier molecular flexibility index (Phi) is 30.9. The number of hydrogen-bond acceptors (Lipinski definition) is 17. The fourth-order valence-electron chi connectivity index (χ4n) is 9.14. The van der Waals surface area contributed by atoms with Gasteiger partial charge in [-0.05, 0) is 94.9 Å². The van der Waals surface area contributed by atoms with E-state index in [-0.39, 0.29) is 101 Å². The number of rotatable bonds is 37. The minimum absolute atomic E-state index is 0.0197. The summed E-state index contributed by atoms with van der Waals surface area (Å²) in [6.45, 7) is 4.94. The number of nitrogens with zero attached hydrogens (tertiary/aromatic N) is 3. The number of benzene rings is 2. The molecule has 3 rings (SSSR count). The molecule has 12 amide bonds. The first kappa shape index (κ1) is 74.6. The molecule has 1 aliphatic rings. The van der Waals surface area contributed by atoms with Crippen LogP contribution < -0.4 is 87.6 Å². The fraction of sp³-hybridized carbons (Fsp3) is 0.544. The second kappa shape index (κ2) is 37.2. The predicted molar refractivity (Wildman–Crippen MR) is 329 cm³/mol. The van der Waals surface area contributed by atoms with Crippen molar-refractivity contribution in [2.24, 2.45) is 50.3 Å². The molecule has 1 fully saturated rings. The molecule has 0 spiro atoms. The van der Waals surface area contributed by atoms with E-state index < -0.39 is 144 Å². The number of nitrogens with one attached hydrogen (secondary N) is 10. The van der Waals surface area contributed by atoms with E-state index in [0.717, 1.165) is 0 Å². The number of carbonyl (C=O) groups excluding carboxylic acids is 12. The summed E-state index contributed by atoms with van der Waals surface area (Å²) < 4.78 is 0. The van der Waals surface area contributed by atoms with Crippen LogP contribution >= 0.6 is 0 Å². The summed E-state index contributed by atoms with van der Waals surface area (Å²) in [7, 11) is 0. The van der Waals surface area contributed by atoms with Crippen molar-refractivity contribution in [3.63, 3.8) is 0 Å². The van der Waals surface area contributed by atoms with E-state index in [1.165, 1.54) is 49.9 Å². The zero-order valence-electron chi connectivity index (χ0n) is 51.3. The second-order valence-corrected chi connectivity index (χ2v) is 22.4. The van der Waals surface area contributed by atoms with Gasteiger partial charge in [-0.2, -0.15) is 0 Å². The van der Waals surface area contributed by atoms with Gasteiger partial charge in [0.05, 0.1) is 26.2 Å². The van der Waals surface area contributed by atoms with Crippen LogP contribution in [0.25, 0.3) is 0 Å². The molecule has 0 radical (unpaired) electrons. The van der Waals surface area contributed by atoms with Gasteiger partial charge in [-0.15, -0.1) is 0 Å². The number of amides is 12. The molecule has 0 aliphatic carbocycles. The molecule has 1 saturated heterocycles. The number of hydrogen-bond donors (Lipinski definition) is 18. The van der Waals surface area contributed by atoms with Gasteiger partial charge in [-0.1, -0.05) is 56.3 Å². The number of aliphatic hydroxyl groups excluding tert-OH is 1. The van der Waals surface area contributed by atoms with Crippen LogP contribution in [0.3, 0.4) is 0 Å². The van der Waals surface area contributed by atoms with Gasteiger partial charge >= 0.3 is 0 Å². The molecule has 0 saturated carbocycles. The van der Waals surface area contributed by atoms with Crippen LogP contribution in [0.5, 0.6) is 5.75 Å². The standard InChI is InChI=1S/C57H89N19O14/c1-31(2)24-39(70-43(79)27-58)51(87)68-32(3)47(83)75-57(4,5)54(90)74-41(30-77)49(85)67-29-45(81)71-40(26-33-12-7-6-8-13-33)53(89)76-23-11-16-42(76)52(88)72-36(14-9-21-64-55(60)61)48(84)66-28-44(80)69-37(15-10-22-65-56(62)63)50(86)73-38(46(59)82)25-34-17-19-35(78)20-18-34/h6-8,12-13,17-20,31-32,36-42,77-78H,9-11,14-16,21-30,58H2,1-5H3,(H2,59,82)(H,66,84)(H,67,85)(H,68,87)(H,69,80)(H,70,79)(H,71,81)(H,72,88)(H,73,86)(H,74,90)(H,75,83)(H4,60,61,64)(H4,62,63,65)/t32-,36-,37-,38-,39-,40-,41-,42-/m0/s1. The van der Waals surface area contributed by atoms with Gasteiger partial charge in [0.1, 0.15) is 59.6 Å². The monoisotopic (exact) mass is 1260 g/mol. The molecule has 90 heavy (non-hydrogen) atoms. The van der Waals surface area contributed by atoms with Crippen molar-refractivity contribution in [3.05, 3.63) is 65.7 Å². The lowest BCUT2D eigenvalue weighted by atomic mass is 10.0. The summed E-state index contributed by atoms with van der Waals surface area (Å²) in [5.74, 6) is -10.3. The highest BCUT2D eigenvalue weighted by Crippen LogP contribution is 2.21. The van der Waals surface area contributed by atoms with Crippen LogP contribution in [0.1, 0.15) is 90.7 Å². The van der Waals surface area contributed by atoms with Gasteiger partial charge < -0.3 is 103 Å². The van der Waals surface area contributed by atoms with Crippen LogP contribution in [-0.2, 0) is 70.4 Å². The summed E-state index contributed by atoms with van der Waals surface area (Å²) in [6.07, 6.45) is 0.755. The number of aromatic hydroxyl groups is 1. The largest absolute Gasteiger partial charge is 0.508 e. The number of guanidine groups is 2.